The fourth-order valence-electron chi connectivity index (χ4n) is 6.45. The largest absolute Gasteiger partial charge is 0.512 e. The fourth-order valence-corrected chi connectivity index (χ4v) is 6.45. The number of nitrogens with zero attached hydrogens (tertiary/aromatic N) is 1. The van der Waals surface area contributed by atoms with Gasteiger partial charge in [-0.3, -0.25) is 4.79 Å². The molecule has 5 heteroatoms. The van der Waals surface area contributed by atoms with E-state index < -0.39 is 11.8 Å². The number of rotatable bonds is 10. The average molecular weight is 847 g/mol. The number of fused-ring (bicyclic) bond motifs is 5. The third-order valence-electron chi connectivity index (χ3n) is 9.16. The van der Waals surface area contributed by atoms with Gasteiger partial charge in [-0.25, -0.2) is 0 Å². The van der Waals surface area contributed by atoms with Gasteiger partial charge in [-0.05, 0) is 72.1 Å². The summed E-state index contributed by atoms with van der Waals surface area (Å²) in [7, 11) is 0. The number of allylic oxidation sites excluding steroid dienone is 2. The Balaban J connectivity index is 0.000000323. The quantitative estimate of drug-likeness (QED) is 0.0847. The van der Waals surface area contributed by atoms with Crippen LogP contribution < -0.4 is 0 Å². The van der Waals surface area contributed by atoms with Gasteiger partial charge in [0.25, 0.3) is 0 Å². The molecule has 2 aromatic heterocycles. The Morgan fingerprint density at radius 2 is 1.56 bits per heavy atom. The van der Waals surface area contributed by atoms with Gasteiger partial charge in [0.2, 0.25) is 0 Å². The van der Waals surface area contributed by atoms with Gasteiger partial charge in [-0.1, -0.05) is 114 Å². The standard InChI is InChI=1S/C32H26NO.C13H24O2.Ir/c1-32(2,3)20-21-17-18-33-28(19-21)23-13-11-22(12-14-23)24-8-6-9-26-25(24)15-16-30-31(26)27-7-4-5-10-29(27)34-30;1-5-10(6-2)12(14)9-13(15)11(7-3)8-4;/h4-13,15-19H,20H2,1-3H3;9-11,14H,5-8H2,1-4H3;/q-1;;/b;12-9-;/i20D2;;. The first-order chi connectivity index (χ1) is 24.3. The normalized spacial score (nSPS) is 12.9. The summed E-state index contributed by atoms with van der Waals surface area (Å²) in [5.74, 6) is 0.547. The van der Waals surface area contributed by atoms with Crippen molar-refractivity contribution in [1.82, 2.24) is 4.98 Å². The Hall–Kier alpha value is -4.05. The van der Waals surface area contributed by atoms with Gasteiger partial charge in [-0.2, -0.15) is 0 Å². The SMILES string of the molecule is CCC(CC)C(=O)/C=C(\O)C(CC)CC.[2H]C([2H])(c1ccnc(-c2[c-]cc(-c3cccc4c3ccc3oc5ccccc5c34)cc2)c1)C(C)(C)C.[Ir]. The first-order valence-electron chi connectivity index (χ1n) is 18.6. The number of carbonyl (C=O) groups excluding carboxylic acids is 1. The first-order valence-corrected chi connectivity index (χ1v) is 17.6. The topological polar surface area (TPSA) is 63.3 Å². The molecule has 0 atom stereocenters. The van der Waals surface area contributed by atoms with Gasteiger partial charge in [0.1, 0.15) is 11.2 Å². The van der Waals surface area contributed by atoms with Crippen LogP contribution in [0.1, 0.15) is 82.5 Å². The van der Waals surface area contributed by atoms with E-state index in [0.717, 1.165) is 80.8 Å². The smallest absolute Gasteiger partial charge is 0.162 e. The summed E-state index contributed by atoms with van der Waals surface area (Å²) >= 11 is 0. The number of benzene rings is 4. The summed E-state index contributed by atoms with van der Waals surface area (Å²) in [6.07, 6.45) is 5.11. The maximum Gasteiger partial charge on any atom is 0.162 e. The van der Waals surface area contributed by atoms with Crippen LogP contribution in [-0.4, -0.2) is 15.9 Å². The number of hydrogen-bond acceptors (Lipinski definition) is 4. The molecule has 0 aliphatic rings. The van der Waals surface area contributed by atoms with Crippen LogP contribution in [0.25, 0.3) is 55.1 Å². The second-order valence-corrected chi connectivity index (χ2v) is 13.7. The van der Waals surface area contributed by atoms with Crippen LogP contribution in [-0.2, 0) is 31.3 Å². The van der Waals surface area contributed by atoms with Crippen LogP contribution >= 0.6 is 0 Å². The number of furan rings is 1. The van der Waals surface area contributed by atoms with Crippen molar-refractivity contribution in [2.24, 2.45) is 17.3 Å². The van der Waals surface area contributed by atoms with Crippen LogP contribution in [0.4, 0.5) is 0 Å². The minimum absolute atomic E-state index is 0. The number of aromatic nitrogens is 1. The summed E-state index contributed by atoms with van der Waals surface area (Å²) in [6.45, 7) is 13.8. The van der Waals surface area contributed by atoms with E-state index in [0.29, 0.717) is 5.56 Å². The molecule has 0 amide bonds. The molecule has 0 bridgehead atoms. The van der Waals surface area contributed by atoms with Crippen LogP contribution in [0.5, 0.6) is 0 Å². The third-order valence-corrected chi connectivity index (χ3v) is 9.16. The Labute approximate surface area is 314 Å². The molecular formula is C45H50IrNO3-. The van der Waals surface area contributed by atoms with E-state index in [2.05, 4.69) is 53.5 Å². The van der Waals surface area contributed by atoms with E-state index >= 15 is 0 Å². The Bertz CT molecular complexity index is 2150. The van der Waals surface area contributed by atoms with E-state index in [4.69, 9.17) is 7.16 Å². The van der Waals surface area contributed by atoms with E-state index in [1.54, 1.807) is 12.3 Å². The molecule has 2 heterocycles. The zero-order valence-corrected chi connectivity index (χ0v) is 32.7. The third kappa shape index (κ3) is 8.99. The van der Waals surface area contributed by atoms with Crippen LogP contribution in [0.15, 0.2) is 107 Å². The minimum atomic E-state index is -1.48. The van der Waals surface area contributed by atoms with Crippen molar-refractivity contribution in [2.45, 2.75) is 80.5 Å². The van der Waals surface area contributed by atoms with Gasteiger partial charge in [0, 0.05) is 57.7 Å². The predicted molar refractivity (Wildman–Crippen MR) is 206 cm³/mol. The minimum Gasteiger partial charge on any atom is -0.512 e. The molecule has 6 rings (SSSR count). The summed E-state index contributed by atoms with van der Waals surface area (Å²) < 4.78 is 23.3. The second-order valence-electron chi connectivity index (χ2n) is 13.7. The van der Waals surface area contributed by atoms with E-state index in [1.165, 1.54) is 6.08 Å². The number of carbonyl (C=O) groups is 1. The summed E-state index contributed by atoms with van der Waals surface area (Å²) in [4.78, 5) is 16.2. The maximum absolute atomic E-state index is 11.7. The van der Waals surface area contributed by atoms with Gasteiger partial charge < -0.3 is 14.5 Å². The Morgan fingerprint density at radius 1 is 0.860 bits per heavy atom. The number of aliphatic hydroxyl groups excluding tert-OH is 1. The van der Waals surface area contributed by atoms with Crippen LogP contribution in [0, 0.1) is 23.3 Å². The second kappa shape index (κ2) is 17.2. The first kappa shape index (κ1) is 35.8. The van der Waals surface area contributed by atoms with Crippen molar-refractivity contribution in [2.75, 3.05) is 0 Å². The molecule has 4 nitrogen and oxygen atoms in total. The van der Waals surface area contributed by atoms with Crippen LogP contribution in [0.2, 0.25) is 0 Å². The maximum atomic E-state index is 11.7. The number of hydrogen-bond donors (Lipinski definition) is 1. The van der Waals surface area contributed by atoms with Gasteiger partial charge in [0.15, 0.2) is 5.78 Å². The van der Waals surface area contributed by atoms with Crippen LogP contribution in [0.3, 0.4) is 0 Å². The number of para-hydroxylation sites is 1. The molecule has 0 fully saturated rings. The summed E-state index contributed by atoms with van der Waals surface area (Å²) in [6, 6.07) is 31.8. The Kier molecular flexibility index (Phi) is 12.3. The molecule has 0 spiro atoms. The predicted octanol–water partition coefficient (Wildman–Crippen LogP) is 12.7. The molecule has 0 aliphatic heterocycles. The molecule has 0 aliphatic carbocycles. The van der Waals surface area contributed by atoms with E-state index in [-0.39, 0.29) is 43.5 Å². The molecule has 4 aromatic carbocycles. The van der Waals surface area contributed by atoms with Gasteiger partial charge >= 0.3 is 0 Å². The number of aliphatic hydroxyl groups is 1. The van der Waals surface area contributed by atoms with E-state index in [1.807, 2.05) is 84.9 Å². The monoisotopic (exact) mass is 847 g/mol. The van der Waals surface area contributed by atoms with Crippen molar-refractivity contribution in [1.29, 1.82) is 0 Å². The van der Waals surface area contributed by atoms with Crippen molar-refractivity contribution >= 4 is 38.5 Å². The Morgan fingerprint density at radius 3 is 2.22 bits per heavy atom. The van der Waals surface area contributed by atoms with Crippen molar-refractivity contribution < 1.29 is 37.2 Å². The molecular weight excluding hydrogens is 795 g/mol. The average Bonchev–Trinajstić information content (AvgIpc) is 3.52. The van der Waals surface area contributed by atoms with Gasteiger partial charge in [-0.15, -0.1) is 29.8 Å². The molecule has 6 aromatic rings. The van der Waals surface area contributed by atoms with Crippen molar-refractivity contribution in [3.8, 4) is 22.4 Å². The number of ketones is 1. The summed E-state index contributed by atoms with van der Waals surface area (Å²) in [5, 5.41) is 14.3. The zero-order valence-electron chi connectivity index (χ0n) is 32.3. The van der Waals surface area contributed by atoms with Gasteiger partial charge in [0.05, 0.1) is 5.76 Å². The molecule has 0 saturated heterocycles. The summed E-state index contributed by atoms with van der Waals surface area (Å²) in [5.41, 5.74) is 5.65. The molecule has 1 N–H and O–H groups in total. The van der Waals surface area contributed by atoms with E-state index in [9.17, 15) is 9.90 Å². The fraction of sp³-hybridized carbons (Fsp3) is 0.333. The molecule has 0 saturated carbocycles. The zero-order chi connectivity index (χ0) is 36.9. The molecule has 263 valence electrons. The molecule has 1 radical (unpaired) electrons. The molecule has 0 unspecified atom stereocenters. The van der Waals surface area contributed by atoms with Crippen molar-refractivity contribution in [3.05, 3.63) is 115 Å². The molecule has 50 heavy (non-hydrogen) atoms. The van der Waals surface area contributed by atoms with Crippen molar-refractivity contribution in [3.63, 3.8) is 0 Å². The number of pyridine rings is 1.